The summed E-state index contributed by atoms with van der Waals surface area (Å²) in [5.41, 5.74) is 1.14. The van der Waals surface area contributed by atoms with Gasteiger partial charge in [-0.05, 0) is 51.2 Å². The van der Waals surface area contributed by atoms with Gasteiger partial charge in [-0.1, -0.05) is 12.5 Å². The fourth-order valence-electron chi connectivity index (χ4n) is 7.53. The Balaban J connectivity index is 1.63. The van der Waals surface area contributed by atoms with Gasteiger partial charge in [-0.25, -0.2) is 0 Å². The zero-order valence-electron chi connectivity index (χ0n) is 20.1. The molecule has 3 aliphatic heterocycles. The third-order valence-electron chi connectivity index (χ3n) is 9.03. The van der Waals surface area contributed by atoms with Gasteiger partial charge in [-0.15, -0.1) is 0 Å². The highest BCUT2D eigenvalue weighted by molar-refractivity contribution is 5.76. The van der Waals surface area contributed by atoms with Crippen molar-refractivity contribution in [2.75, 3.05) is 6.61 Å². The fourth-order valence-corrected chi connectivity index (χ4v) is 7.53. The second-order valence-electron chi connectivity index (χ2n) is 11.1. The summed E-state index contributed by atoms with van der Waals surface area (Å²) in [5.74, 6) is -1.92. The number of carbonyl (C=O) groups is 3. The molecule has 3 fully saturated rings. The first-order valence-corrected chi connectivity index (χ1v) is 12.0. The first kappa shape index (κ1) is 23.1. The van der Waals surface area contributed by atoms with E-state index in [0.717, 1.165) is 29.6 Å². The van der Waals surface area contributed by atoms with Crippen molar-refractivity contribution in [1.29, 1.82) is 0 Å². The van der Waals surface area contributed by atoms with Crippen molar-refractivity contribution in [3.8, 4) is 0 Å². The number of furan rings is 1. The molecular weight excluding hydrogens is 440 g/mol. The molecule has 0 bridgehead atoms. The normalized spacial score (nSPS) is 39.2. The Hall–Kier alpha value is -2.61. The summed E-state index contributed by atoms with van der Waals surface area (Å²) < 4.78 is 23.2. The largest absolute Gasteiger partial charge is 0.481 e. The number of ether oxygens (including phenoxy) is 3. The molecule has 1 aliphatic carbocycles. The van der Waals surface area contributed by atoms with Crippen molar-refractivity contribution in [1.82, 2.24) is 0 Å². The molecule has 34 heavy (non-hydrogen) atoms. The molecule has 0 radical (unpaired) electrons. The minimum atomic E-state index is -0.897. The van der Waals surface area contributed by atoms with E-state index in [0.29, 0.717) is 0 Å². The second-order valence-corrected chi connectivity index (χ2v) is 11.1. The molecule has 0 amide bonds. The molecule has 1 N–H and O–H groups in total. The number of esters is 2. The number of carboxylic acid groups (broad SMARTS) is 1. The van der Waals surface area contributed by atoms with Crippen LogP contribution >= 0.6 is 0 Å². The third-order valence-corrected chi connectivity index (χ3v) is 9.03. The molecule has 3 saturated heterocycles. The standard InChI is InChI=1S/C26H32O8/c1-14-16(5-7-25(4)17(14)9-22(30)33-23(25)15-6-8-31-12-15)26-13-32-21(29)11-19(26)34-24(2,3)18(26)10-20(27)28/h6,8,12,16,18-19,23H,5,7,9-11,13H2,1-4H3,(H,27,28)/t16?,18?,19?,23-,25+,26?/m0/s1. The van der Waals surface area contributed by atoms with E-state index in [1.54, 1.807) is 12.5 Å². The van der Waals surface area contributed by atoms with Crippen LogP contribution in [-0.2, 0) is 28.6 Å². The van der Waals surface area contributed by atoms with Gasteiger partial charge in [-0.3, -0.25) is 14.4 Å². The highest BCUT2D eigenvalue weighted by Gasteiger charge is 2.67. The number of hydrogen-bond acceptors (Lipinski definition) is 7. The number of carboxylic acids is 1. The van der Waals surface area contributed by atoms with E-state index < -0.39 is 34.6 Å². The molecule has 0 saturated carbocycles. The van der Waals surface area contributed by atoms with Crippen LogP contribution in [-0.4, -0.2) is 41.3 Å². The monoisotopic (exact) mass is 472 g/mol. The van der Waals surface area contributed by atoms with E-state index in [1.165, 1.54) is 0 Å². The summed E-state index contributed by atoms with van der Waals surface area (Å²) in [7, 11) is 0. The Morgan fingerprint density at radius 2 is 1.97 bits per heavy atom. The molecule has 8 heteroatoms. The minimum Gasteiger partial charge on any atom is -0.481 e. The first-order chi connectivity index (χ1) is 16.0. The summed E-state index contributed by atoms with van der Waals surface area (Å²) >= 11 is 0. The quantitative estimate of drug-likeness (QED) is 0.512. The number of cyclic esters (lactones) is 2. The van der Waals surface area contributed by atoms with Crippen molar-refractivity contribution in [3.63, 3.8) is 0 Å². The van der Waals surface area contributed by atoms with Gasteiger partial charge in [0.2, 0.25) is 0 Å². The van der Waals surface area contributed by atoms with Crippen molar-refractivity contribution >= 4 is 17.9 Å². The lowest BCUT2D eigenvalue weighted by molar-refractivity contribution is -0.171. The number of fused-ring (bicyclic) bond motifs is 2. The van der Waals surface area contributed by atoms with Crippen molar-refractivity contribution in [2.24, 2.45) is 22.7 Å². The van der Waals surface area contributed by atoms with Crippen LogP contribution in [0.2, 0.25) is 0 Å². The summed E-state index contributed by atoms with van der Waals surface area (Å²) in [6.07, 6.45) is 4.06. The Kier molecular flexibility index (Phi) is 5.24. The average Bonchev–Trinajstić information content (AvgIpc) is 3.35. The number of carbonyl (C=O) groups excluding carboxylic acids is 2. The molecule has 1 aromatic rings. The summed E-state index contributed by atoms with van der Waals surface area (Å²) in [6, 6.07) is 1.83. The second kappa shape index (κ2) is 7.70. The molecule has 6 atom stereocenters. The predicted molar refractivity (Wildman–Crippen MR) is 118 cm³/mol. The zero-order chi connectivity index (χ0) is 24.5. The van der Waals surface area contributed by atoms with Gasteiger partial charge in [0.1, 0.15) is 12.7 Å². The molecule has 0 spiro atoms. The van der Waals surface area contributed by atoms with Gasteiger partial charge >= 0.3 is 17.9 Å². The predicted octanol–water partition coefficient (Wildman–Crippen LogP) is 4.20. The van der Waals surface area contributed by atoms with Crippen LogP contribution in [0.15, 0.2) is 34.2 Å². The van der Waals surface area contributed by atoms with E-state index >= 15 is 0 Å². The number of aliphatic carboxylic acids is 1. The van der Waals surface area contributed by atoms with Crippen LogP contribution in [0.4, 0.5) is 0 Å². The zero-order valence-corrected chi connectivity index (χ0v) is 20.1. The molecule has 0 aromatic carbocycles. The topological polar surface area (TPSA) is 112 Å². The van der Waals surface area contributed by atoms with Crippen LogP contribution in [0.3, 0.4) is 0 Å². The maximum Gasteiger partial charge on any atom is 0.310 e. The van der Waals surface area contributed by atoms with Crippen molar-refractivity contribution in [3.05, 3.63) is 35.3 Å². The Labute approximate surface area is 198 Å². The van der Waals surface area contributed by atoms with Gasteiger partial charge in [0.15, 0.2) is 0 Å². The summed E-state index contributed by atoms with van der Waals surface area (Å²) in [6.45, 7) is 8.13. The van der Waals surface area contributed by atoms with Crippen LogP contribution in [0, 0.1) is 22.7 Å². The van der Waals surface area contributed by atoms with E-state index in [9.17, 15) is 19.5 Å². The third kappa shape index (κ3) is 3.25. The van der Waals surface area contributed by atoms with Crippen LogP contribution in [0.5, 0.6) is 0 Å². The van der Waals surface area contributed by atoms with E-state index in [1.807, 2.05) is 26.8 Å². The van der Waals surface area contributed by atoms with Gasteiger partial charge in [0.05, 0.1) is 43.5 Å². The number of rotatable bonds is 4. The van der Waals surface area contributed by atoms with Gasteiger partial charge < -0.3 is 23.7 Å². The molecule has 4 unspecified atom stereocenters. The molecule has 5 rings (SSSR count). The van der Waals surface area contributed by atoms with E-state index in [4.69, 9.17) is 18.6 Å². The minimum absolute atomic E-state index is 0.0723. The summed E-state index contributed by atoms with van der Waals surface area (Å²) in [5, 5.41) is 9.79. The molecule has 8 nitrogen and oxygen atoms in total. The van der Waals surface area contributed by atoms with Crippen LogP contribution in [0.25, 0.3) is 0 Å². The molecule has 4 heterocycles. The van der Waals surface area contributed by atoms with Crippen LogP contribution < -0.4 is 0 Å². The average molecular weight is 473 g/mol. The van der Waals surface area contributed by atoms with Gasteiger partial charge in [0.25, 0.3) is 0 Å². The lowest BCUT2D eigenvalue weighted by Gasteiger charge is -2.54. The van der Waals surface area contributed by atoms with Crippen molar-refractivity contribution < 1.29 is 38.1 Å². The lowest BCUT2D eigenvalue weighted by atomic mass is 9.52. The molecule has 1 aromatic heterocycles. The van der Waals surface area contributed by atoms with Crippen molar-refractivity contribution in [2.45, 2.75) is 77.6 Å². The molecule has 184 valence electrons. The smallest absolute Gasteiger partial charge is 0.310 e. The number of allylic oxidation sites excluding steroid dienone is 1. The molecule has 4 aliphatic rings. The highest BCUT2D eigenvalue weighted by Crippen LogP contribution is 2.65. The highest BCUT2D eigenvalue weighted by atomic mass is 16.6. The first-order valence-electron chi connectivity index (χ1n) is 12.0. The Bertz CT molecular complexity index is 1050. The fraction of sp³-hybridized carbons (Fsp3) is 0.654. The maximum absolute atomic E-state index is 12.7. The Morgan fingerprint density at radius 1 is 1.21 bits per heavy atom. The molecular formula is C26H32O8. The maximum atomic E-state index is 12.7. The van der Waals surface area contributed by atoms with E-state index in [2.05, 4.69) is 6.92 Å². The number of hydrogen-bond donors (Lipinski definition) is 1. The summed E-state index contributed by atoms with van der Waals surface area (Å²) in [4.78, 5) is 36.9. The van der Waals surface area contributed by atoms with E-state index in [-0.39, 0.29) is 49.6 Å². The lowest BCUT2D eigenvalue weighted by Crippen LogP contribution is -2.55. The SMILES string of the molecule is CC1=C2CC(=O)O[C@@H](c3ccoc3)[C@]2(C)CCC1C12COC(=O)CC1OC(C)(C)C2CC(=O)O. The van der Waals surface area contributed by atoms with Gasteiger partial charge in [0, 0.05) is 22.3 Å². The Morgan fingerprint density at radius 3 is 2.65 bits per heavy atom. The van der Waals surface area contributed by atoms with Gasteiger partial charge in [-0.2, -0.15) is 0 Å². The van der Waals surface area contributed by atoms with Crippen LogP contribution in [0.1, 0.15) is 71.5 Å².